The molecule has 1 aromatic heterocycles. The number of nitrogens with zero attached hydrogens (tertiary/aromatic N) is 2. The van der Waals surface area contributed by atoms with E-state index in [4.69, 9.17) is 10.5 Å². The first-order chi connectivity index (χ1) is 20.8. The molecule has 2 unspecified atom stereocenters. The highest BCUT2D eigenvalue weighted by Crippen LogP contribution is 2.40. The number of alkyl carbamates (subject to hydrolysis) is 1. The summed E-state index contributed by atoms with van der Waals surface area (Å²) < 4.78 is 106. The number of benzene rings is 1. The van der Waals surface area contributed by atoms with E-state index in [1.165, 1.54) is 0 Å². The minimum atomic E-state index is -4.94. The Balaban J connectivity index is 2.21. The van der Waals surface area contributed by atoms with E-state index in [1.54, 1.807) is 13.8 Å². The number of carbonyl (C=O) groups is 3. The lowest BCUT2D eigenvalue weighted by Gasteiger charge is -2.35. The Bertz CT molecular complexity index is 1310. The predicted molar refractivity (Wildman–Crippen MR) is 145 cm³/mol. The molecule has 3 atom stereocenters. The molecule has 0 aliphatic heterocycles. The number of nitrogens with two attached hydrogens (primary N) is 1. The fraction of sp³-hybridized carbons (Fsp3) is 0.556. The van der Waals surface area contributed by atoms with E-state index in [0.29, 0.717) is 18.5 Å². The van der Waals surface area contributed by atoms with E-state index in [2.05, 4.69) is 20.5 Å². The molecule has 0 saturated heterocycles. The van der Waals surface area contributed by atoms with Crippen LogP contribution in [0.4, 0.5) is 35.5 Å². The summed E-state index contributed by atoms with van der Waals surface area (Å²) in [7, 11) is 0.893. The largest absolute Gasteiger partial charge is 0.458 e. The maximum atomic E-state index is 14.8. The van der Waals surface area contributed by atoms with E-state index < -0.39 is 84.6 Å². The van der Waals surface area contributed by atoms with Gasteiger partial charge in [0.2, 0.25) is 5.91 Å². The lowest BCUT2D eigenvalue weighted by Crippen LogP contribution is -2.60. The highest BCUT2D eigenvalue weighted by atomic mass is 19.4. The standard InChI is InChI=1S/C27H35F7N6O5/c1-13(2)20(35)23(42)45-15(11-37-22(41)21(38-25(43)44-5)26(3,4)27(32,33)34)10-36-12-16-17(28)8-14(9-18(16)29)19-6-7-40(39-19)24(30)31/h6-9,13,15,20-21,24,36H,10-12,35H2,1-5H3,(H,37,41)(H,38,43)/t15-,20?,21?/m0/s1. The van der Waals surface area contributed by atoms with Gasteiger partial charge in [-0.3, -0.25) is 9.59 Å². The lowest BCUT2D eigenvalue weighted by atomic mass is 9.83. The number of aromatic nitrogens is 2. The van der Waals surface area contributed by atoms with Gasteiger partial charge in [-0.25, -0.2) is 18.3 Å². The van der Waals surface area contributed by atoms with Crippen LogP contribution in [0.3, 0.4) is 0 Å². The van der Waals surface area contributed by atoms with Crippen LogP contribution in [-0.4, -0.2) is 72.3 Å². The van der Waals surface area contributed by atoms with Crippen molar-refractivity contribution in [3.8, 4) is 11.3 Å². The molecule has 0 aliphatic carbocycles. The molecule has 5 N–H and O–H groups in total. The van der Waals surface area contributed by atoms with Crippen molar-refractivity contribution in [1.29, 1.82) is 0 Å². The summed E-state index contributed by atoms with van der Waals surface area (Å²) >= 11 is 0. The summed E-state index contributed by atoms with van der Waals surface area (Å²) in [6.45, 7) is 0.215. The summed E-state index contributed by atoms with van der Waals surface area (Å²) in [5, 5.41) is 10.2. The monoisotopic (exact) mass is 656 g/mol. The molecule has 0 saturated carbocycles. The topological polar surface area (TPSA) is 150 Å². The number of carbonyl (C=O) groups excluding carboxylic acids is 3. The van der Waals surface area contributed by atoms with E-state index in [1.807, 2.05) is 5.32 Å². The minimum absolute atomic E-state index is 0.106. The summed E-state index contributed by atoms with van der Waals surface area (Å²) in [5.74, 6) is -4.71. The molecular weight excluding hydrogens is 621 g/mol. The van der Waals surface area contributed by atoms with Crippen LogP contribution in [-0.2, 0) is 25.6 Å². The second-order valence-electron chi connectivity index (χ2n) is 10.9. The van der Waals surface area contributed by atoms with Gasteiger partial charge in [-0.05, 0) is 38.0 Å². The normalized spacial score (nSPS) is 14.2. The van der Waals surface area contributed by atoms with Crippen LogP contribution < -0.4 is 21.7 Å². The summed E-state index contributed by atoms with van der Waals surface area (Å²) in [6.07, 6.45) is -6.62. The Morgan fingerprint density at radius 1 is 1.07 bits per heavy atom. The summed E-state index contributed by atoms with van der Waals surface area (Å²) in [6, 6.07) is -0.365. The third-order valence-corrected chi connectivity index (χ3v) is 6.86. The van der Waals surface area contributed by atoms with Gasteiger partial charge in [0, 0.05) is 30.4 Å². The molecule has 1 aromatic carbocycles. The smallest absolute Gasteiger partial charge is 0.407 e. The molecular formula is C27H35F7N6O5. The number of halogens is 7. The Labute approximate surface area is 254 Å². The highest BCUT2D eigenvalue weighted by molar-refractivity contribution is 5.86. The zero-order valence-electron chi connectivity index (χ0n) is 25.0. The number of hydrogen-bond acceptors (Lipinski definition) is 8. The molecule has 252 valence electrons. The van der Waals surface area contributed by atoms with Gasteiger partial charge in [-0.2, -0.15) is 27.1 Å². The number of alkyl halides is 5. The number of nitrogens with one attached hydrogen (secondary N) is 3. The third kappa shape index (κ3) is 9.78. The van der Waals surface area contributed by atoms with Crippen molar-refractivity contribution >= 4 is 18.0 Å². The Kier molecular flexibility index (Phi) is 12.7. The predicted octanol–water partition coefficient (Wildman–Crippen LogP) is 3.64. The fourth-order valence-corrected chi connectivity index (χ4v) is 3.78. The third-order valence-electron chi connectivity index (χ3n) is 6.86. The Morgan fingerprint density at radius 2 is 1.67 bits per heavy atom. The van der Waals surface area contributed by atoms with Crippen LogP contribution in [0.1, 0.15) is 39.8 Å². The van der Waals surface area contributed by atoms with Crippen LogP contribution in [0.2, 0.25) is 0 Å². The van der Waals surface area contributed by atoms with Gasteiger partial charge in [-0.15, -0.1) is 0 Å². The van der Waals surface area contributed by atoms with Crippen molar-refractivity contribution in [2.24, 2.45) is 17.1 Å². The number of amides is 2. The average molecular weight is 657 g/mol. The molecule has 0 radical (unpaired) electrons. The molecule has 0 aliphatic rings. The second kappa shape index (κ2) is 15.4. The Hall–Kier alpha value is -3.93. The first-order valence-electron chi connectivity index (χ1n) is 13.5. The molecule has 18 heteroatoms. The van der Waals surface area contributed by atoms with Crippen LogP contribution >= 0.6 is 0 Å². The molecule has 0 fully saturated rings. The van der Waals surface area contributed by atoms with Crippen molar-refractivity contribution in [2.45, 2.75) is 65.2 Å². The van der Waals surface area contributed by atoms with Gasteiger partial charge in [0.1, 0.15) is 29.8 Å². The molecule has 0 bridgehead atoms. The molecule has 0 spiro atoms. The number of ether oxygens (including phenoxy) is 2. The minimum Gasteiger partial charge on any atom is -0.458 e. The number of hydrogen-bond donors (Lipinski definition) is 4. The zero-order chi connectivity index (χ0) is 34.3. The van der Waals surface area contributed by atoms with Gasteiger partial charge in [0.25, 0.3) is 0 Å². The first-order valence-corrected chi connectivity index (χ1v) is 13.5. The second-order valence-corrected chi connectivity index (χ2v) is 10.9. The van der Waals surface area contributed by atoms with Crippen molar-refractivity contribution in [3.05, 3.63) is 41.6 Å². The molecule has 2 aromatic rings. The van der Waals surface area contributed by atoms with Crippen molar-refractivity contribution in [1.82, 2.24) is 25.7 Å². The van der Waals surface area contributed by atoms with E-state index in [9.17, 15) is 45.1 Å². The van der Waals surface area contributed by atoms with Crippen LogP contribution in [0, 0.1) is 23.0 Å². The summed E-state index contributed by atoms with van der Waals surface area (Å²) in [4.78, 5) is 37.1. The van der Waals surface area contributed by atoms with Crippen LogP contribution in [0.5, 0.6) is 0 Å². The van der Waals surface area contributed by atoms with Crippen molar-refractivity contribution < 1.29 is 54.6 Å². The van der Waals surface area contributed by atoms with Gasteiger partial charge in [0.05, 0.1) is 24.8 Å². The quantitative estimate of drug-likeness (QED) is 0.178. The maximum absolute atomic E-state index is 14.8. The highest BCUT2D eigenvalue weighted by Gasteiger charge is 2.55. The van der Waals surface area contributed by atoms with E-state index >= 15 is 0 Å². The van der Waals surface area contributed by atoms with Gasteiger partial charge in [0.15, 0.2) is 0 Å². The molecule has 2 rings (SSSR count). The SMILES string of the molecule is COC(=O)NC(C(=O)NC[C@H](CNCc1c(F)cc(-c2ccn(C(F)F)n2)cc1F)OC(=O)C(N)C(C)C)C(C)(C)C(F)(F)F. The fourth-order valence-electron chi connectivity index (χ4n) is 3.78. The first kappa shape index (κ1) is 37.3. The average Bonchev–Trinajstić information content (AvgIpc) is 3.45. The van der Waals surface area contributed by atoms with Gasteiger partial charge in [-0.1, -0.05) is 13.8 Å². The van der Waals surface area contributed by atoms with Gasteiger partial charge >= 0.3 is 24.8 Å². The van der Waals surface area contributed by atoms with E-state index in [-0.39, 0.29) is 23.7 Å². The van der Waals surface area contributed by atoms with Crippen molar-refractivity contribution in [3.63, 3.8) is 0 Å². The molecule has 11 nitrogen and oxygen atoms in total. The molecule has 45 heavy (non-hydrogen) atoms. The number of rotatable bonds is 14. The van der Waals surface area contributed by atoms with Crippen molar-refractivity contribution in [2.75, 3.05) is 20.2 Å². The number of methoxy groups -OCH3 is 1. The number of esters is 1. The summed E-state index contributed by atoms with van der Waals surface area (Å²) in [5.41, 5.74) is 2.35. The van der Waals surface area contributed by atoms with Gasteiger partial charge < -0.3 is 31.2 Å². The maximum Gasteiger partial charge on any atom is 0.407 e. The van der Waals surface area contributed by atoms with Crippen LogP contribution in [0.25, 0.3) is 11.3 Å². The zero-order valence-corrected chi connectivity index (χ0v) is 25.0. The molecule has 2 amide bonds. The molecule has 1 heterocycles. The Morgan fingerprint density at radius 3 is 2.16 bits per heavy atom. The van der Waals surface area contributed by atoms with Crippen LogP contribution in [0.15, 0.2) is 24.4 Å². The lowest BCUT2D eigenvalue weighted by molar-refractivity contribution is -0.220. The van der Waals surface area contributed by atoms with E-state index in [0.717, 1.165) is 31.5 Å².